The molecule has 0 atom stereocenters. The van der Waals surface area contributed by atoms with Crippen molar-refractivity contribution < 1.29 is 5.11 Å². The van der Waals surface area contributed by atoms with Crippen molar-refractivity contribution in [3.63, 3.8) is 0 Å². The largest absolute Gasteiger partial charge is 0.506 e. The third-order valence-electron chi connectivity index (χ3n) is 5.13. The zero-order chi connectivity index (χ0) is 23.5. The van der Waals surface area contributed by atoms with Crippen molar-refractivity contribution >= 4 is 28.9 Å². The average Bonchev–Trinajstić information content (AvgIpc) is 2.78. The SMILES string of the molecule is CCCCc1cc(C)cc(N)c1O.CCCCc1ccc(SC2=CC(=N)C(=N)C=C2)cc1. The van der Waals surface area contributed by atoms with Gasteiger partial charge in [0.25, 0.3) is 0 Å². The summed E-state index contributed by atoms with van der Waals surface area (Å²) < 4.78 is 0. The molecular weight excluding hydrogens is 414 g/mol. The van der Waals surface area contributed by atoms with Crippen LogP contribution in [0.4, 0.5) is 5.69 Å². The molecule has 0 aromatic heterocycles. The molecule has 0 amide bonds. The predicted octanol–water partition coefficient (Wildman–Crippen LogP) is 7.24. The van der Waals surface area contributed by atoms with Crippen LogP contribution in [0, 0.1) is 17.7 Å². The van der Waals surface area contributed by atoms with Crippen LogP contribution >= 0.6 is 11.8 Å². The van der Waals surface area contributed by atoms with Crippen molar-refractivity contribution in [2.45, 2.75) is 64.2 Å². The zero-order valence-electron chi connectivity index (χ0n) is 19.4. The van der Waals surface area contributed by atoms with E-state index in [4.69, 9.17) is 16.6 Å². The van der Waals surface area contributed by atoms with Gasteiger partial charge in [0.1, 0.15) is 5.75 Å². The number of nitrogens with two attached hydrogens (primary N) is 1. The van der Waals surface area contributed by atoms with Gasteiger partial charge >= 0.3 is 0 Å². The number of anilines is 1. The van der Waals surface area contributed by atoms with Gasteiger partial charge in [-0.3, -0.25) is 10.8 Å². The Hall–Kier alpha value is -2.79. The van der Waals surface area contributed by atoms with Gasteiger partial charge in [0, 0.05) is 9.80 Å². The minimum absolute atomic E-state index is 0.263. The molecule has 32 heavy (non-hydrogen) atoms. The second-order valence-electron chi connectivity index (χ2n) is 8.02. The summed E-state index contributed by atoms with van der Waals surface area (Å²) in [5.41, 5.74) is 10.2. The lowest BCUT2D eigenvalue weighted by atomic mass is 10.0. The van der Waals surface area contributed by atoms with Gasteiger partial charge in [0.05, 0.1) is 17.1 Å². The molecule has 0 unspecified atom stereocenters. The first-order valence-corrected chi connectivity index (χ1v) is 12.1. The topological polar surface area (TPSA) is 93.9 Å². The Labute approximate surface area is 196 Å². The van der Waals surface area contributed by atoms with Gasteiger partial charge in [-0.1, -0.05) is 56.7 Å². The standard InChI is InChI=1S/C16H18N2S.C11H17NO/c1-2-3-4-12-5-7-13(8-6-12)19-14-9-10-15(17)16(18)11-14;1-3-4-5-9-6-8(2)7-10(12)11(9)13/h5-11,17-18H,2-4H2,1H3;6-7,13H,3-5,12H2,1-2H3. The Kier molecular flexibility index (Phi) is 10.3. The average molecular weight is 450 g/mol. The van der Waals surface area contributed by atoms with Crippen molar-refractivity contribution in [1.82, 2.24) is 0 Å². The summed E-state index contributed by atoms with van der Waals surface area (Å²) in [7, 11) is 0. The minimum atomic E-state index is 0.263. The summed E-state index contributed by atoms with van der Waals surface area (Å²) in [6.45, 7) is 6.33. The number of phenols is 1. The van der Waals surface area contributed by atoms with Crippen molar-refractivity contribution in [1.29, 1.82) is 10.8 Å². The molecule has 0 spiro atoms. The Morgan fingerprint density at radius 3 is 2.19 bits per heavy atom. The first kappa shape index (κ1) is 25.5. The summed E-state index contributed by atoms with van der Waals surface area (Å²) in [5, 5.41) is 24.8. The van der Waals surface area contributed by atoms with Crippen molar-refractivity contribution in [2.75, 3.05) is 5.73 Å². The molecular formula is C27H35N3OS. The van der Waals surface area contributed by atoms with Crippen LogP contribution in [0.3, 0.4) is 0 Å². The van der Waals surface area contributed by atoms with E-state index in [0.717, 1.165) is 41.7 Å². The van der Waals surface area contributed by atoms with E-state index in [9.17, 15) is 5.11 Å². The molecule has 0 saturated heterocycles. The lowest BCUT2D eigenvalue weighted by Gasteiger charge is -2.08. The lowest BCUT2D eigenvalue weighted by Crippen LogP contribution is -2.09. The maximum Gasteiger partial charge on any atom is 0.141 e. The first-order chi connectivity index (χ1) is 15.3. The van der Waals surface area contributed by atoms with Crippen LogP contribution in [0.15, 0.2) is 64.4 Å². The molecule has 1 aliphatic carbocycles. The van der Waals surface area contributed by atoms with Gasteiger partial charge in [-0.15, -0.1) is 0 Å². The normalized spacial score (nSPS) is 12.9. The number of phenolic OH excluding ortho intramolecular Hbond substituents is 1. The van der Waals surface area contributed by atoms with Gasteiger partial charge < -0.3 is 10.8 Å². The molecule has 170 valence electrons. The van der Waals surface area contributed by atoms with Crippen LogP contribution < -0.4 is 5.73 Å². The maximum absolute atomic E-state index is 9.62. The Morgan fingerprint density at radius 1 is 0.906 bits per heavy atom. The number of benzene rings is 2. The smallest absolute Gasteiger partial charge is 0.141 e. The molecule has 1 aliphatic rings. The fourth-order valence-corrected chi connectivity index (χ4v) is 4.13. The Morgan fingerprint density at radius 2 is 1.56 bits per heavy atom. The van der Waals surface area contributed by atoms with Gasteiger partial charge in [0.15, 0.2) is 0 Å². The Bertz CT molecular complexity index is 991. The molecule has 5 N–H and O–H groups in total. The highest BCUT2D eigenvalue weighted by Crippen LogP contribution is 2.29. The fourth-order valence-electron chi connectivity index (χ4n) is 3.27. The molecule has 0 fully saturated rings. The van der Waals surface area contributed by atoms with Crippen molar-refractivity contribution in [3.05, 3.63) is 76.2 Å². The van der Waals surface area contributed by atoms with Gasteiger partial charge in [-0.2, -0.15) is 0 Å². The molecule has 0 bridgehead atoms. The van der Waals surface area contributed by atoms with Crippen LogP contribution in [0.25, 0.3) is 0 Å². The number of allylic oxidation sites excluding steroid dienone is 3. The highest BCUT2D eigenvalue weighted by atomic mass is 32.2. The monoisotopic (exact) mass is 449 g/mol. The summed E-state index contributed by atoms with van der Waals surface area (Å²) in [6.07, 6.45) is 12.1. The van der Waals surface area contributed by atoms with Gasteiger partial charge in [0.2, 0.25) is 0 Å². The number of rotatable bonds is 8. The molecule has 0 heterocycles. The first-order valence-electron chi connectivity index (χ1n) is 11.3. The highest BCUT2D eigenvalue weighted by molar-refractivity contribution is 8.03. The van der Waals surface area contributed by atoms with E-state index in [-0.39, 0.29) is 17.2 Å². The summed E-state index contributed by atoms with van der Waals surface area (Å²) in [6, 6.07) is 12.4. The summed E-state index contributed by atoms with van der Waals surface area (Å²) in [5.74, 6) is 0.263. The number of aromatic hydroxyl groups is 1. The number of aryl methyl sites for hydroxylation is 3. The molecule has 0 aliphatic heterocycles. The van der Waals surface area contributed by atoms with E-state index in [1.807, 2.05) is 19.1 Å². The summed E-state index contributed by atoms with van der Waals surface area (Å²) >= 11 is 1.64. The molecule has 3 rings (SSSR count). The van der Waals surface area contributed by atoms with Gasteiger partial charge in [-0.25, -0.2) is 0 Å². The third-order valence-corrected chi connectivity index (χ3v) is 6.13. The van der Waals surface area contributed by atoms with Crippen LogP contribution in [-0.2, 0) is 12.8 Å². The second-order valence-corrected chi connectivity index (χ2v) is 9.17. The molecule has 2 aromatic carbocycles. The zero-order valence-corrected chi connectivity index (χ0v) is 20.2. The number of nitrogens with one attached hydrogen (secondary N) is 2. The van der Waals surface area contributed by atoms with Crippen molar-refractivity contribution in [2.24, 2.45) is 0 Å². The summed E-state index contributed by atoms with van der Waals surface area (Å²) in [4.78, 5) is 2.19. The molecule has 0 saturated carbocycles. The quantitative estimate of drug-likeness (QED) is 0.194. The number of thioether (sulfide) groups is 1. The minimum Gasteiger partial charge on any atom is -0.506 e. The number of unbranched alkanes of at least 4 members (excludes halogenated alkanes) is 2. The number of hydrogen-bond donors (Lipinski definition) is 4. The third kappa shape index (κ3) is 8.04. The van der Waals surface area contributed by atoms with Gasteiger partial charge in [-0.05, 0) is 85.7 Å². The van der Waals surface area contributed by atoms with E-state index in [0.29, 0.717) is 5.69 Å². The van der Waals surface area contributed by atoms with E-state index in [1.165, 1.54) is 23.3 Å². The predicted molar refractivity (Wildman–Crippen MR) is 139 cm³/mol. The number of hydrogen-bond acceptors (Lipinski definition) is 5. The van der Waals surface area contributed by atoms with E-state index in [2.05, 4.69) is 38.1 Å². The second kappa shape index (κ2) is 12.9. The van der Waals surface area contributed by atoms with E-state index >= 15 is 0 Å². The lowest BCUT2D eigenvalue weighted by molar-refractivity contribution is 0.469. The molecule has 2 aromatic rings. The maximum atomic E-state index is 9.62. The van der Waals surface area contributed by atoms with E-state index < -0.39 is 0 Å². The Balaban J connectivity index is 0.000000244. The van der Waals surface area contributed by atoms with Crippen LogP contribution in [0.5, 0.6) is 5.75 Å². The van der Waals surface area contributed by atoms with Crippen LogP contribution in [-0.4, -0.2) is 16.5 Å². The molecule has 0 radical (unpaired) electrons. The highest BCUT2D eigenvalue weighted by Gasteiger charge is 2.08. The fraction of sp³-hybridized carbons (Fsp3) is 0.333. The van der Waals surface area contributed by atoms with Crippen LogP contribution in [0.1, 0.15) is 56.2 Å². The molecule has 5 heteroatoms. The van der Waals surface area contributed by atoms with Crippen molar-refractivity contribution in [3.8, 4) is 5.75 Å². The van der Waals surface area contributed by atoms with Crippen LogP contribution in [0.2, 0.25) is 0 Å². The molecule has 4 nitrogen and oxygen atoms in total. The number of nitrogen functional groups attached to an aromatic ring is 1. The van der Waals surface area contributed by atoms with E-state index in [1.54, 1.807) is 30.0 Å².